The molecular weight excluding hydrogens is 487 g/mol. The number of rotatable bonds is 6. The Balaban J connectivity index is 1.28. The summed E-state index contributed by atoms with van der Waals surface area (Å²) in [5.74, 6) is -1.27. The van der Waals surface area contributed by atoms with Gasteiger partial charge < -0.3 is 14.3 Å². The minimum absolute atomic E-state index is 0.0635. The van der Waals surface area contributed by atoms with Gasteiger partial charge in [0, 0.05) is 42.4 Å². The number of nitrogens with one attached hydrogen (secondary N) is 1. The Morgan fingerprint density at radius 2 is 1.97 bits per heavy atom. The zero-order chi connectivity index (χ0) is 25.7. The number of pyridine rings is 1. The second kappa shape index (κ2) is 8.82. The fourth-order valence-electron chi connectivity index (χ4n) is 4.67. The highest BCUT2D eigenvalue weighted by molar-refractivity contribution is 5.85. The summed E-state index contributed by atoms with van der Waals surface area (Å²) >= 11 is 0. The van der Waals surface area contributed by atoms with Crippen molar-refractivity contribution in [2.45, 2.75) is 64.2 Å². The van der Waals surface area contributed by atoms with Gasteiger partial charge in [-0.3, -0.25) is 0 Å². The molecule has 5 heterocycles. The number of aryl methyl sites for hydroxylation is 1. The molecule has 1 fully saturated rings. The zero-order valence-electron chi connectivity index (χ0n) is 20.2. The number of aromatic nitrogens is 8. The van der Waals surface area contributed by atoms with Crippen molar-refractivity contribution in [3.63, 3.8) is 0 Å². The number of alkyl halides is 3. The second-order valence-corrected chi connectivity index (χ2v) is 9.38. The van der Waals surface area contributed by atoms with E-state index in [1.807, 2.05) is 29.8 Å². The molecule has 13 heteroatoms. The van der Waals surface area contributed by atoms with Crippen LogP contribution in [0.3, 0.4) is 0 Å². The van der Waals surface area contributed by atoms with Crippen molar-refractivity contribution in [2.24, 2.45) is 0 Å². The van der Waals surface area contributed by atoms with Gasteiger partial charge in [0.1, 0.15) is 12.4 Å². The average Bonchev–Trinajstić information content (AvgIpc) is 3.58. The van der Waals surface area contributed by atoms with E-state index < -0.39 is 12.1 Å². The van der Waals surface area contributed by atoms with Crippen LogP contribution in [0, 0.1) is 6.92 Å². The van der Waals surface area contributed by atoms with Crippen LogP contribution in [0.25, 0.3) is 27.8 Å². The molecule has 1 saturated carbocycles. The standard InChI is InChI=1S/C24H24F3N9O/c1-13(25)22-33-32-20(37-22)12-35-14(2)30-21-18(35)9-15(10-28-21)17-5-8-36-19(17)11-29-23(34-36)31-16-3-6-24(26,27)7-4-16/h5,8-11,13,16H,3-4,6-7,12H2,1-2H3,(H,31,34). The van der Waals surface area contributed by atoms with Crippen LogP contribution >= 0.6 is 0 Å². The molecule has 0 bridgehead atoms. The van der Waals surface area contributed by atoms with Gasteiger partial charge >= 0.3 is 0 Å². The Morgan fingerprint density at radius 3 is 2.73 bits per heavy atom. The van der Waals surface area contributed by atoms with E-state index in [1.54, 1.807) is 16.9 Å². The molecule has 37 heavy (non-hydrogen) atoms. The maximum Gasteiger partial charge on any atom is 0.250 e. The van der Waals surface area contributed by atoms with E-state index in [2.05, 4.69) is 35.6 Å². The summed E-state index contributed by atoms with van der Waals surface area (Å²) in [5, 5.41) is 15.4. The summed E-state index contributed by atoms with van der Waals surface area (Å²) in [5.41, 5.74) is 3.79. The molecule has 1 unspecified atom stereocenters. The third kappa shape index (κ3) is 4.49. The summed E-state index contributed by atoms with van der Waals surface area (Å²) in [7, 11) is 0. The second-order valence-electron chi connectivity index (χ2n) is 9.38. The summed E-state index contributed by atoms with van der Waals surface area (Å²) in [4.78, 5) is 13.5. The van der Waals surface area contributed by atoms with Crippen molar-refractivity contribution in [2.75, 3.05) is 5.32 Å². The van der Waals surface area contributed by atoms with E-state index in [9.17, 15) is 13.2 Å². The highest BCUT2D eigenvalue weighted by atomic mass is 19.3. The largest absolute Gasteiger partial charge is 0.420 e. The maximum absolute atomic E-state index is 13.5. The van der Waals surface area contributed by atoms with Crippen molar-refractivity contribution in [1.29, 1.82) is 0 Å². The van der Waals surface area contributed by atoms with E-state index in [0.29, 0.717) is 30.3 Å². The van der Waals surface area contributed by atoms with Gasteiger partial charge in [-0.1, -0.05) is 0 Å². The predicted molar refractivity (Wildman–Crippen MR) is 128 cm³/mol. The molecule has 1 N–H and O–H groups in total. The maximum atomic E-state index is 13.5. The smallest absolute Gasteiger partial charge is 0.250 e. The number of fused-ring (bicyclic) bond motifs is 2. The molecular formula is C24H24F3N9O. The molecule has 0 amide bonds. The highest BCUT2D eigenvalue weighted by Crippen LogP contribution is 2.34. The third-order valence-corrected chi connectivity index (χ3v) is 6.69. The van der Waals surface area contributed by atoms with Gasteiger partial charge in [-0.05, 0) is 38.8 Å². The zero-order valence-corrected chi connectivity index (χ0v) is 20.2. The molecule has 1 atom stereocenters. The normalized spacial score (nSPS) is 17.0. The number of hydrogen-bond donors (Lipinski definition) is 1. The number of hydrogen-bond acceptors (Lipinski definition) is 8. The lowest BCUT2D eigenvalue weighted by atomic mass is 9.92. The first kappa shape index (κ1) is 23.4. The summed E-state index contributed by atoms with van der Waals surface area (Å²) in [6.07, 6.45) is 4.40. The third-order valence-electron chi connectivity index (χ3n) is 6.69. The first-order valence-electron chi connectivity index (χ1n) is 12.0. The molecule has 0 aromatic carbocycles. The van der Waals surface area contributed by atoms with Gasteiger partial charge in [0.05, 0.1) is 17.2 Å². The summed E-state index contributed by atoms with van der Waals surface area (Å²) in [6, 6.07) is 3.80. The van der Waals surface area contributed by atoms with Crippen molar-refractivity contribution in [3.8, 4) is 11.1 Å². The predicted octanol–water partition coefficient (Wildman–Crippen LogP) is 4.90. The van der Waals surface area contributed by atoms with Crippen LogP contribution in [0.4, 0.5) is 19.1 Å². The number of imidazole rings is 1. The fourth-order valence-corrected chi connectivity index (χ4v) is 4.67. The van der Waals surface area contributed by atoms with E-state index in [0.717, 1.165) is 22.2 Å². The van der Waals surface area contributed by atoms with Crippen molar-refractivity contribution in [3.05, 3.63) is 48.3 Å². The molecule has 1 aliphatic rings. The van der Waals surface area contributed by atoms with Gasteiger partial charge in [-0.25, -0.2) is 32.6 Å². The first-order valence-corrected chi connectivity index (χ1v) is 12.0. The van der Waals surface area contributed by atoms with Crippen LogP contribution in [0.2, 0.25) is 0 Å². The summed E-state index contributed by atoms with van der Waals surface area (Å²) < 4.78 is 49.4. The van der Waals surface area contributed by atoms with Crippen molar-refractivity contribution >= 4 is 22.6 Å². The van der Waals surface area contributed by atoms with Crippen molar-refractivity contribution < 1.29 is 17.6 Å². The first-order chi connectivity index (χ1) is 17.8. The van der Waals surface area contributed by atoms with Crippen LogP contribution in [0.1, 0.15) is 56.4 Å². The molecule has 10 nitrogen and oxygen atoms in total. The summed E-state index contributed by atoms with van der Waals surface area (Å²) in [6.45, 7) is 3.42. The van der Waals surface area contributed by atoms with Gasteiger partial charge in [0.15, 0.2) is 11.8 Å². The lowest BCUT2D eigenvalue weighted by Gasteiger charge is -2.28. The van der Waals surface area contributed by atoms with Crippen LogP contribution < -0.4 is 5.32 Å². The SMILES string of the molecule is Cc1nc2ncc(-c3ccn4nc(NC5CCC(F)(F)CC5)ncc34)cc2n1Cc1nnc(C(C)F)o1. The molecule has 0 saturated heterocycles. The van der Waals surface area contributed by atoms with Crippen LogP contribution in [0.5, 0.6) is 0 Å². The van der Waals surface area contributed by atoms with E-state index >= 15 is 0 Å². The van der Waals surface area contributed by atoms with E-state index in [1.165, 1.54) is 6.92 Å². The Labute approximate surface area is 209 Å². The molecule has 5 aromatic heterocycles. The number of nitrogens with zero attached hydrogens (tertiary/aromatic N) is 8. The molecule has 192 valence electrons. The van der Waals surface area contributed by atoms with Gasteiger partial charge in [0.2, 0.25) is 23.7 Å². The van der Waals surface area contributed by atoms with Crippen LogP contribution in [-0.2, 0) is 6.54 Å². The Morgan fingerprint density at radius 1 is 1.16 bits per heavy atom. The Kier molecular flexibility index (Phi) is 5.57. The van der Waals surface area contributed by atoms with Gasteiger partial charge in [0.25, 0.3) is 0 Å². The molecule has 0 aliphatic heterocycles. The number of halogens is 3. The topological polar surface area (TPSA) is 112 Å². The molecule has 0 radical (unpaired) electrons. The van der Waals surface area contributed by atoms with E-state index in [4.69, 9.17) is 4.42 Å². The lowest BCUT2D eigenvalue weighted by molar-refractivity contribution is -0.0361. The molecule has 6 rings (SSSR count). The quantitative estimate of drug-likeness (QED) is 0.343. The Bertz CT molecular complexity index is 1580. The fraction of sp³-hybridized carbons (Fsp3) is 0.417. The van der Waals surface area contributed by atoms with Gasteiger partial charge in [-0.15, -0.1) is 15.3 Å². The Hall–Kier alpha value is -4.03. The van der Waals surface area contributed by atoms with E-state index in [-0.39, 0.29) is 37.2 Å². The number of anilines is 1. The van der Waals surface area contributed by atoms with Crippen molar-refractivity contribution in [1.82, 2.24) is 39.3 Å². The van der Waals surface area contributed by atoms with Crippen LogP contribution in [-0.4, -0.2) is 51.3 Å². The monoisotopic (exact) mass is 511 g/mol. The van der Waals surface area contributed by atoms with Crippen LogP contribution in [0.15, 0.2) is 35.1 Å². The minimum atomic E-state index is -2.58. The molecule has 5 aromatic rings. The average molecular weight is 512 g/mol. The lowest BCUT2D eigenvalue weighted by Crippen LogP contribution is -2.32. The van der Waals surface area contributed by atoms with Gasteiger partial charge in [-0.2, -0.15) is 0 Å². The molecule has 1 aliphatic carbocycles. The highest BCUT2D eigenvalue weighted by Gasteiger charge is 2.35. The molecule has 0 spiro atoms. The minimum Gasteiger partial charge on any atom is -0.420 e.